The molecule has 0 fully saturated rings. The zero-order valence-electron chi connectivity index (χ0n) is 8.50. The number of ether oxygens (including phenoxy) is 1. The molecule has 0 aromatic heterocycles. The molecule has 0 amide bonds. The van der Waals surface area contributed by atoms with Gasteiger partial charge in [0.2, 0.25) is 0 Å². The second-order valence-corrected chi connectivity index (χ2v) is 4.02. The summed E-state index contributed by atoms with van der Waals surface area (Å²) in [4.78, 5) is 0. The van der Waals surface area contributed by atoms with Gasteiger partial charge in [-0.15, -0.1) is 0 Å². The molecule has 3 N–H and O–H groups in total. The lowest BCUT2D eigenvalue weighted by atomic mass is 10.1. The van der Waals surface area contributed by atoms with E-state index in [-0.39, 0.29) is 24.4 Å². The molecular weight excluding hydrogens is 154 g/mol. The lowest BCUT2D eigenvalue weighted by molar-refractivity contribution is -0.0769. The summed E-state index contributed by atoms with van der Waals surface area (Å²) in [5.74, 6) is 0. The predicted octanol–water partition coefficient (Wildman–Crippen LogP) is 0.900. The fourth-order valence-corrected chi connectivity index (χ4v) is 1.05. The van der Waals surface area contributed by atoms with Crippen molar-refractivity contribution in [3.8, 4) is 0 Å². The first-order chi connectivity index (χ1) is 5.40. The van der Waals surface area contributed by atoms with E-state index in [9.17, 15) is 0 Å². The van der Waals surface area contributed by atoms with Crippen LogP contribution in [0.5, 0.6) is 0 Å². The zero-order valence-corrected chi connectivity index (χ0v) is 8.50. The smallest absolute Gasteiger partial charge is 0.0752 e. The van der Waals surface area contributed by atoms with Gasteiger partial charge in [0, 0.05) is 0 Å². The summed E-state index contributed by atoms with van der Waals surface area (Å²) in [6.45, 7) is 7.94. The molecule has 0 aliphatic rings. The van der Waals surface area contributed by atoms with Gasteiger partial charge in [-0.3, -0.25) is 0 Å². The lowest BCUT2D eigenvalue weighted by Gasteiger charge is -2.29. The van der Waals surface area contributed by atoms with Crippen LogP contribution in [-0.4, -0.2) is 29.5 Å². The molecule has 0 heterocycles. The molecule has 0 bridgehead atoms. The molecule has 0 rings (SSSR count). The van der Waals surface area contributed by atoms with E-state index in [4.69, 9.17) is 15.6 Å². The summed E-state index contributed by atoms with van der Waals surface area (Å²) in [5, 5.41) is 8.83. The molecule has 3 heteroatoms. The summed E-state index contributed by atoms with van der Waals surface area (Å²) in [5.41, 5.74) is 5.47. The summed E-state index contributed by atoms with van der Waals surface area (Å²) in [6.07, 6.45) is 0.786. The normalized spacial score (nSPS) is 17.5. The minimum absolute atomic E-state index is 0.0193. The van der Waals surface area contributed by atoms with Crippen molar-refractivity contribution in [3.05, 3.63) is 0 Å². The Hall–Kier alpha value is -0.120. The van der Waals surface area contributed by atoms with Gasteiger partial charge >= 0.3 is 0 Å². The van der Waals surface area contributed by atoms with Gasteiger partial charge in [-0.2, -0.15) is 0 Å². The number of aliphatic hydroxyl groups is 1. The molecule has 0 spiro atoms. The first kappa shape index (κ1) is 11.9. The standard InChI is InChI=1S/C9H21NO2/c1-5-8(7(10)6-11)12-9(2,3)4/h7-8,11H,5-6,10H2,1-4H3/t7-,8?/m0/s1. The second-order valence-electron chi connectivity index (χ2n) is 4.02. The fourth-order valence-electron chi connectivity index (χ4n) is 1.05. The summed E-state index contributed by atoms with van der Waals surface area (Å²) < 4.78 is 5.65. The third kappa shape index (κ3) is 4.70. The molecule has 3 nitrogen and oxygen atoms in total. The largest absolute Gasteiger partial charge is 0.395 e. The van der Waals surface area contributed by atoms with Crippen LogP contribution in [-0.2, 0) is 4.74 Å². The molecular formula is C9H21NO2. The van der Waals surface area contributed by atoms with Gasteiger partial charge in [0.05, 0.1) is 24.4 Å². The first-order valence-electron chi connectivity index (χ1n) is 4.45. The first-order valence-corrected chi connectivity index (χ1v) is 4.45. The van der Waals surface area contributed by atoms with Crippen molar-refractivity contribution in [1.82, 2.24) is 0 Å². The third-order valence-electron chi connectivity index (χ3n) is 1.60. The van der Waals surface area contributed by atoms with Crippen molar-refractivity contribution in [1.29, 1.82) is 0 Å². The predicted molar refractivity (Wildman–Crippen MR) is 50.0 cm³/mol. The van der Waals surface area contributed by atoms with Crippen LogP contribution in [0.1, 0.15) is 34.1 Å². The summed E-state index contributed by atoms with van der Waals surface area (Å²) >= 11 is 0. The van der Waals surface area contributed by atoms with E-state index in [1.54, 1.807) is 0 Å². The molecule has 0 aromatic rings. The van der Waals surface area contributed by atoms with Gasteiger partial charge in [0.15, 0.2) is 0 Å². The Kier molecular flexibility index (Phi) is 4.75. The monoisotopic (exact) mass is 175 g/mol. The minimum Gasteiger partial charge on any atom is -0.395 e. The zero-order chi connectivity index (χ0) is 9.78. The van der Waals surface area contributed by atoms with Gasteiger partial charge in [-0.05, 0) is 27.2 Å². The molecule has 0 aliphatic carbocycles. The third-order valence-corrected chi connectivity index (χ3v) is 1.60. The maximum atomic E-state index is 8.83. The van der Waals surface area contributed by atoms with Crippen LogP contribution in [0.25, 0.3) is 0 Å². The Morgan fingerprint density at radius 1 is 1.42 bits per heavy atom. The number of hydrogen-bond donors (Lipinski definition) is 2. The molecule has 0 saturated heterocycles. The van der Waals surface area contributed by atoms with Crippen LogP contribution >= 0.6 is 0 Å². The van der Waals surface area contributed by atoms with Crippen molar-refractivity contribution in [2.24, 2.45) is 5.73 Å². The van der Waals surface area contributed by atoms with Crippen LogP contribution in [0.4, 0.5) is 0 Å². The number of aliphatic hydroxyl groups excluding tert-OH is 1. The topological polar surface area (TPSA) is 55.5 Å². The highest BCUT2D eigenvalue weighted by atomic mass is 16.5. The van der Waals surface area contributed by atoms with Crippen molar-refractivity contribution in [2.75, 3.05) is 6.61 Å². The Labute approximate surface area is 74.9 Å². The highest BCUT2D eigenvalue weighted by molar-refractivity contribution is 4.74. The molecule has 2 atom stereocenters. The number of hydrogen-bond acceptors (Lipinski definition) is 3. The minimum atomic E-state index is -0.269. The molecule has 0 radical (unpaired) electrons. The van der Waals surface area contributed by atoms with Gasteiger partial charge < -0.3 is 15.6 Å². The quantitative estimate of drug-likeness (QED) is 0.667. The maximum Gasteiger partial charge on any atom is 0.0752 e. The number of rotatable bonds is 4. The van der Waals surface area contributed by atoms with Crippen LogP contribution in [0.15, 0.2) is 0 Å². The molecule has 0 saturated carbocycles. The summed E-state index contributed by atoms with van der Waals surface area (Å²) in [6, 6.07) is -0.269. The van der Waals surface area contributed by atoms with Crippen LogP contribution in [0, 0.1) is 0 Å². The van der Waals surface area contributed by atoms with Gasteiger partial charge in [-0.1, -0.05) is 6.92 Å². The number of nitrogens with two attached hydrogens (primary N) is 1. The lowest BCUT2D eigenvalue weighted by Crippen LogP contribution is -2.43. The molecule has 0 aliphatic heterocycles. The molecule has 12 heavy (non-hydrogen) atoms. The van der Waals surface area contributed by atoms with Crippen LogP contribution in [0.3, 0.4) is 0 Å². The Bertz CT molecular complexity index is 120. The van der Waals surface area contributed by atoms with E-state index >= 15 is 0 Å². The van der Waals surface area contributed by atoms with E-state index in [0.717, 1.165) is 6.42 Å². The van der Waals surface area contributed by atoms with Gasteiger partial charge in [0.25, 0.3) is 0 Å². The molecule has 1 unspecified atom stereocenters. The Balaban J connectivity index is 3.99. The van der Waals surface area contributed by atoms with E-state index in [2.05, 4.69) is 0 Å². The van der Waals surface area contributed by atoms with Crippen LogP contribution < -0.4 is 5.73 Å². The Morgan fingerprint density at radius 3 is 2.17 bits per heavy atom. The maximum absolute atomic E-state index is 8.83. The summed E-state index contributed by atoms with van der Waals surface area (Å²) in [7, 11) is 0. The van der Waals surface area contributed by atoms with E-state index in [1.165, 1.54) is 0 Å². The van der Waals surface area contributed by atoms with Crippen LogP contribution in [0.2, 0.25) is 0 Å². The average molecular weight is 175 g/mol. The Morgan fingerprint density at radius 2 is 1.92 bits per heavy atom. The average Bonchev–Trinajstić information content (AvgIpc) is 1.97. The van der Waals surface area contributed by atoms with E-state index in [1.807, 2.05) is 27.7 Å². The van der Waals surface area contributed by atoms with E-state index in [0.29, 0.717) is 0 Å². The van der Waals surface area contributed by atoms with Crippen molar-refractivity contribution >= 4 is 0 Å². The highest BCUT2D eigenvalue weighted by Crippen LogP contribution is 2.14. The van der Waals surface area contributed by atoms with Crippen molar-refractivity contribution < 1.29 is 9.84 Å². The highest BCUT2D eigenvalue weighted by Gasteiger charge is 2.22. The van der Waals surface area contributed by atoms with Crippen molar-refractivity contribution in [3.63, 3.8) is 0 Å². The van der Waals surface area contributed by atoms with Crippen molar-refractivity contribution in [2.45, 2.75) is 51.9 Å². The van der Waals surface area contributed by atoms with Gasteiger partial charge in [-0.25, -0.2) is 0 Å². The van der Waals surface area contributed by atoms with E-state index < -0.39 is 0 Å². The second kappa shape index (κ2) is 4.80. The molecule has 74 valence electrons. The van der Waals surface area contributed by atoms with Gasteiger partial charge in [0.1, 0.15) is 0 Å². The molecule has 0 aromatic carbocycles. The fraction of sp³-hybridized carbons (Fsp3) is 1.00. The SMILES string of the molecule is CCC(OC(C)(C)C)[C@@H](N)CO.